The van der Waals surface area contributed by atoms with Crippen molar-refractivity contribution in [3.05, 3.63) is 41.5 Å². The SMILES string of the molecule is COC(=O)c1ccccc1/C=C/C(N)=O. The standard InChI is InChI=1S/C11H11NO3/c1-15-11(14)9-5-3-2-4-8(9)6-7-10(12)13/h2-7H,1H3,(H2,12,13)/b7-6+. The van der Waals surface area contributed by atoms with Gasteiger partial charge in [0.15, 0.2) is 0 Å². The van der Waals surface area contributed by atoms with Crippen LogP contribution in [-0.2, 0) is 9.53 Å². The van der Waals surface area contributed by atoms with Crippen LogP contribution in [-0.4, -0.2) is 19.0 Å². The van der Waals surface area contributed by atoms with Crippen molar-refractivity contribution in [2.24, 2.45) is 5.73 Å². The van der Waals surface area contributed by atoms with Crippen molar-refractivity contribution in [3.63, 3.8) is 0 Å². The number of primary amides is 1. The predicted molar refractivity (Wildman–Crippen MR) is 56.0 cm³/mol. The Balaban J connectivity index is 3.06. The summed E-state index contributed by atoms with van der Waals surface area (Å²) < 4.78 is 4.59. The first kappa shape index (κ1) is 11.0. The largest absolute Gasteiger partial charge is 0.465 e. The Kier molecular flexibility index (Phi) is 3.62. The van der Waals surface area contributed by atoms with Crippen LogP contribution in [0.4, 0.5) is 0 Å². The van der Waals surface area contributed by atoms with E-state index in [9.17, 15) is 9.59 Å². The molecule has 0 atom stereocenters. The van der Waals surface area contributed by atoms with Crippen molar-refractivity contribution in [1.82, 2.24) is 0 Å². The zero-order valence-electron chi connectivity index (χ0n) is 8.27. The van der Waals surface area contributed by atoms with E-state index in [0.29, 0.717) is 11.1 Å². The fourth-order valence-electron chi connectivity index (χ4n) is 1.11. The van der Waals surface area contributed by atoms with Gasteiger partial charge in [-0.05, 0) is 17.7 Å². The van der Waals surface area contributed by atoms with E-state index in [-0.39, 0.29) is 0 Å². The zero-order chi connectivity index (χ0) is 11.3. The summed E-state index contributed by atoms with van der Waals surface area (Å²) in [5, 5.41) is 0. The number of hydrogen-bond acceptors (Lipinski definition) is 3. The van der Waals surface area contributed by atoms with E-state index in [1.165, 1.54) is 19.3 Å². The minimum absolute atomic E-state index is 0.400. The normalized spacial score (nSPS) is 10.2. The van der Waals surface area contributed by atoms with E-state index >= 15 is 0 Å². The van der Waals surface area contributed by atoms with Crippen LogP contribution >= 0.6 is 0 Å². The molecule has 0 aliphatic heterocycles. The fraction of sp³-hybridized carbons (Fsp3) is 0.0909. The molecule has 15 heavy (non-hydrogen) atoms. The second-order valence-corrected chi connectivity index (χ2v) is 2.81. The lowest BCUT2D eigenvalue weighted by molar-refractivity contribution is -0.113. The minimum Gasteiger partial charge on any atom is -0.465 e. The third-order valence-corrected chi connectivity index (χ3v) is 1.79. The smallest absolute Gasteiger partial charge is 0.338 e. The van der Waals surface area contributed by atoms with Crippen LogP contribution < -0.4 is 5.73 Å². The van der Waals surface area contributed by atoms with Crippen molar-refractivity contribution in [3.8, 4) is 0 Å². The lowest BCUT2D eigenvalue weighted by atomic mass is 10.1. The van der Waals surface area contributed by atoms with Crippen LogP contribution in [0.15, 0.2) is 30.3 Å². The summed E-state index contributed by atoms with van der Waals surface area (Å²) in [5.41, 5.74) is 5.96. The van der Waals surface area contributed by atoms with Crippen LogP contribution in [0.5, 0.6) is 0 Å². The molecule has 1 amide bonds. The second kappa shape index (κ2) is 4.95. The van der Waals surface area contributed by atoms with Crippen molar-refractivity contribution in [1.29, 1.82) is 0 Å². The minimum atomic E-state index is -0.560. The first-order chi connectivity index (χ1) is 7.15. The average molecular weight is 205 g/mol. The van der Waals surface area contributed by atoms with Gasteiger partial charge in [0.25, 0.3) is 0 Å². The maximum atomic E-state index is 11.3. The Labute approximate surface area is 87.3 Å². The number of esters is 1. The predicted octanol–water partition coefficient (Wildman–Crippen LogP) is 0.972. The van der Waals surface area contributed by atoms with Gasteiger partial charge in [0.05, 0.1) is 12.7 Å². The molecule has 0 bridgehead atoms. The fourth-order valence-corrected chi connectivity index (χ4v) is 1.11. The molecule has 0 saturated carbocycles. The number of benzene rings is 1. The van der Waals surface area contributed by atoms with Crippen LogP contribution in [0.25, 0.3) is 6.08 Å². The molecular weight excluding hydrogens is 194 g/mol. The molecule has 1 aromatic carbocycles. The quantitative estimate of drug-likeness (QED) is 0.590. The van der Waals surface area contributed by atoms with Crippen LogP contribution in [0.2, 0.25) is 0 Å². The highest BCUT2D eigenvalue weighted by Gasteiger charge is 2.08. The Morgan fingerprint density at radius 2 is 2.00 bits per heavy atom. The van der Waals surface area contributed by atoms with E-state index in [2.05, 4.69) is 4.74 Å². The summed E-state index contributed by atoms with van der Waals surface area (Å²) in [6, 6.07) is 6.79. The summed E-state index contributed by atoms with van der Waals surface area (Å²) in [7, 11) is 1.30. The Morgan fingerprint density at radius 3 is 2.60 bits per heavy atom. The van der Waals surface area contributed by atoms with E-state index in [1.54, 1.807) is 24.3 Å². The molecule has 0 fully saturated rings. The first-order valence-electron chi connectivity index (χ1n) is 4.30. The van der Waals surface area contributed by atoms with Gasteiger partial charge in [-0.1, -0.05) is 18.2 Å². The van der Waals surface area contributed by atoms with E-state index in [1.807, 2.05) is 0 Å². The number of carbonyl (C=O) groups is 2. The van der Waals surface area contributed by atoms with Gasteiger partial charge >= 0.3 is 5.97 Å². The molecule has 0 saturated heterocycles. The lowest BCUT2D eigenvalue weighted by Gasteiger charge is -2.02. The van der Waals surface area contributed by atoms with Crippen molar-refractivity contribution in [2.45, 2.75) is 0 Å². The number of ether oxygens (including phenoxy) is 1. The van der Waals surface area contributed by atoms with Gasteiger partial charge < -0.3 is 10.5 Å². The van der Waals surface area contributed by atoms with E-state index in [4.69, 9.17) is 5.73 Å². The highest BCUT2D eigenvalue weighted by Crippen LogP contribution is 2.11. The number of carbonyl (C=O) groups excluding carboxylic acids is 2. The summed E-state index contributed by atoms with van der Waals surface area (Å²) in [6.45, 7) is 0. The molecule has 0 heterocycles. The van der Waals surface area contributed by atoms with Gasteiger partial charge in [0, 0.05) is 6.08 Å². The van der Waals surface area contributed by atoms with E-state index < -0.39 is 11.9 Å². The van der Waals surface area contributed by atoms with Crippen LogP contribution in [0.1, 0.15) is 15.9 Å². The zero-order valence-corrected chi connectivity index (χ0v) is 8.27. The molecule has 4 heteroatoms. The molecule has 0 aliphatic rings. The third-order valence-electron chi connectivity index (χ3n) is 1.79. The van der Waals surface area contributed by atoms with Gasteiger partial charge in [-0.25, -0.2) is 4.79 Å². The molecule has 0 radical (unpaired) electrons. The molecule has 1 aromatic rings. The van der Waals surface area contributed by atoms with Gasteiger partial charge in [0.2, 0.25) is 5.91 Å². The van der Waals surface area contributed by atoms with Gasteiger partial charge in [0.1, 0.15) is 0 Å². The summed E-state index contributed by atoms with van der Waals surface area (Å²) >= 11 is 0. The molecule has 1 rings (SSSR count). The topological polar surface area (TPSA) is 69.4 Å². The maximum Gasteiger partial charge on any atom is 0.338 e. The maximum absolute atomic E-state index is 11.3. The van der Waals surface area contributed by atoms with E-state index in [0.717, 1.165) is 0 Å². The first-order valence-corrected chi connectivity index (χ1v) is 4.30. The molecule has 78 valence electrons. The lowest BCUT2D eigenvalue weighted by Crippen LogP contribution is -2.06. The monoisotopic (exact) mass is 205 g/mol. The Hall–Kier alpha value is -2.10. The van der Waals surface area contributed by atoms with Crippen molar-refractivity contribution >= 4 is 18.0 Å². The summed E-state index contributed by atoms with van der Waals surface area (Å²) in [6.07, 6.45) is 2.68. The van der Waals surface area contributed by atoms with Gasteiger partial charge in [-0.3, -0.25) is 4.79 Å². The Morgan fingerprint density at radius 1 is 1.33 bits per heavy atom. The highest BCUT2D eigenvalue weighted by atomic mass is 16.5. The second-order valence-electron chi connectivity index (χ2n) is 2.81. The van der Waals surface area contributed by atoms with Crippen molar-refractivity contribution < 1.29 is 14.3 Å². The molecular formula is C11H11NO3. The molecule has 0 aromatic heterocycles. The molecule has 2 N–H and O–H groups in total. The molecule has 0 unspecified atom stereocenters. The number of rotatable bonds is 3. The van der Waals surface area contributed by atoms with Crippen LogP contribution in [0, 0.1) is 0 Å². The molecule has 0 spiro atoms. The van der Waals surface area contributed by atoms with Crippen molar-refractivity contribution in [2.75, 3.05) is 7.11 Å². The number of amides is 1. The van der Waals surface area contributed by atoms with Gasteiger partial charge in [-0.2, -0.15) is 0 Å². The summed E-state index contributed by atoms with van der Waals surface area (Å²) in [5.74, 6) is -1.01. The molecule has 0 aliphatic carbocycles. The third kappa shape index (κ3) is 2.95. The number of nitrogens with two attached hydrogens (primary N) is 1. The highest BCUT2D eigenvalue weighted by molar-refractivity contribution is 5.96. The summed E-state index contributed by atoms with van der Waals surface area (Å²) in [4.78, 5) is 21.8. The Bertz CT molecular complexity index is 410. The number of hydrogen-bond donors (Lipinski definition) is 1. The average Bonchev–Trinajstić information content (AvgIpc) is 2.25. The van der Waals surface area contributed by atoms with Gasteiger partial charge in [-0.15, -0.1) is 0 Å². The number of methoxy groups -OCH3 is 1. The van der Waals surface area contributed by atoms with Crippen LogP contribution in [0.3, 0.4) is 0 Å². The molecule has 4 nitrogen and oxygen atoms in total.